The average molecular weight is 352 g/mol. The molecule has 2 aromatic carbocycles. The summed E-state index contributed by atoms with van der Waals surface area (Å²) in [4.78, 5) is 3.16. The minimum atomic E-state index is -0.574. The Morgan fingerprint density at radius 2 is 2.12 bits per heavy atom. The molecule has 5 nitrogen and oxygen atoms in total. The maximum absolute atomic E-state index is 10.3. The molecule has 1 aliphatic carbocycles. The lowest BCUT2D eigenvalue weighted by molar-refractivity contribution is 0.104. The van der Waals surface area contributed by atoms with Crippen molar-refractivity contribution in [2.75, 3.05) is 13.2 Å². The molecule has 136 valence electrons. The number of aromatic hydroxyl groups is 1. The van der Waals surface area contributed by atoms with Crippen LogP contribution in [0.25, 0.3) is 10.9 Å². The Morgan fingerprint density at radius 1 is 1.19 bits per heavy atom. The molecule has 0 saturated carbocycles. The van der Waals surface area contributed by atoms with Crippen LogP contribution in [0.3, 0.4) is 0 Å². The van der Waals surface area contributed by atoms with Gasteiger partial charge in [0.15, 0.2) is 0 Å². The van der Waals surface area contributed by atoms with Gasteiger partial charge in [-0.3, -0.25) is 0 Å². The number of benzene rings is 2. The van der Waals surface area contributed by atoms with Gasteiger partial charge in [-0.2, -0.15) is 0 Å². The van der Waals surface area contributed by atoms with Gasteiger partial charge < -0.3 is 25.3 Å². The number of aliphatic hydroxyl groups excluding tert-OH is 1. The number of aliphatic hydroxyl groups is 1. The molecule has 4 N–H and O–H groups in total. The molecule has 0 aliphatic heterocycles. The first-order valence-corrected chi connectivity index (χ1v) is 9.10. The minimum absolute atomic E-state index is 0.251. The zero-order valence-corrected chi connectivity index (χ0v) is 14.6. The number of rotatable bonds is 6. The summed E-state index contributed by atoms with van der Waals surface area (Å²) in [5.41, 5.74) is 3.53. The molecule has 26 heavy (non-hydrogen) atoms. The topological polar surface area (TPSA) is 77.5 Å². The van der Waals surface area contributed by atoms with E-state index >= 15 is 0 Å². The monoisotopic (exact) mass is 352 g/mol. The second kappa shape index (κ2) is 7.40. The third-order valence-electron chi connectivity index (χ3n) is 5.05. The summed E-state index contributed by atoms with van der Waals surface area (Å²) >= 11 is 0. The lowest BCUT2D eigenvalue weighted by Gasteiger charge is -2.26. The molecule has 5 heteroatoms. The number of phenolic OH excluding ortho intramolecular Hbond substituents is 1. The van der Waals surface area contributed by atoms with E-state index in [4.69, 9.17) is 4.74 Å². The molecule has 0 fully saturated rings. The van der Waals surface area contributed by atoms with Crippen LogP contribution < -0.4 is 10.1 Å². The van der Waals surface area contributed by atoms with Crippen molar-refractivity contribution in [3.05, 3.63) is 59.8 Å². The van der Waals surface area contributed by atoms with Crippen LogP contribution >= 0.6 is 0 Å². The van der Waals surface area contributed by atoms with Crippen LogP contribution in [-0.4, -0.2) is 40.5 Å². The predicted molar refractivity (Wildman–Crippen MR) is 102 cm³/mol. The zero-order chi connectivity index (χ0) is 17.9. The molecule has 1 aromatic heterocycles. The van der Waals surface area contributed by atoms with Crippen molar-refractivity contribution in [2.45, 2.75) is 31.4 Å². The number of ether oxygens (including phenoxy) is 1. The quantitative estimate of drug-likeness (QED) is 0.550. The first kappa shape index (κ1) is 16.9. The van der Waals surface area contributed by atoms with Crippen molar-refractivity contribution in [1.29, 1.82) is 0 Å². The van der Waals surface area contributed by atoms with Gasteiger partial charge in [-0.15, -0.1) is 0 Å². The highest BCUT2D eigenvalue weighted by Crippen LogP contribution is 2.26. The van der Waals surface area contributed by atoms with E-state index in [0.717, 1.165) is 35.9 Å². The Kier molecular flexibility index (Phi) is 4.82. The fourth-order valence-electron chi connectivity index (χ4n) is 3.65. The summed E-state index contributed by atoms with van der Waals surface area (Å²) in [7, 11) is 0. The van der Waals surface area contributed by atoms with Crippen LogP contribution in [-0.2, 0) is 12.8 Å². The smallest absolute Gasteiger partial charge is 0.128 e. The summed E-state index contributed by atoms with van der Waals surface area (Å²) in [6.45, 7) is 0.739. The predicted octanol–water partition coefficient (Wildman–Crippen LogP) is 2.76. The lowest BCUT2D eigenvalue weighted by atomic mass is 9.88. The van der Waals surface area contributed by atoms with Gasteiger partial charge in [0.05, 0.1) is 0 Å². The number of phenols is 1. The average Bonchev–Trinajstić information content (AvgIpc) is 3.13. The second-order valence-electron chi connectivity index (χ2n) is 6.96. The molecule has 2 atom stereocenters. The van der Waals surface area contributed by atoms with Crippen LogP contribution in [0, 0.1) is 0 Å². The highest BCUT2D eigenvalue weighted by Gasteiger charge is 2.19. The van der Waals surface area contributed by atoms with E-state index in [0.29, 0.717) is 18.3 Å². The van der Waals surface area contributed by atoms with E-state index in [-0.39, 0.29) is 6.61 Å². The molecule has 0 saturated heterocycles. The van der Waals surface area contributed by atoms with Gasteiger partial charge in [0, 0.05) is 29.7 Å². The number of fused-ring (bicyclic) bond motifs is 2. The number of hydrogen-bond acceptors (Lipinski definition) is 4. The van der Waals surface area contributed by atoms with Gasteiger partial charge in [0.2, 0.25) is 0 Å². The fraction of sp³-hybridized carbons (Fsp3) is 0.333. The van der Waals surface area contributed by atoms with Gasteiger partial charge >= 0.3 is 0 Å². The normalized spacial score (nSPS) is 17.8. The van der Waals surface area contributed by atoms with Gasteiger partial charge in [0.25, 0.3) is 0 Å². The lowest BCUT2D eigenvalue weighted by Crippen LogP contribution is -2.40. The summed E-state index contributed by atoms with van der Waals surface area (Å²) in [5, 5.41) is 24.4. The van der Waals surface area contributed by atoms with E-state index in [1.807, 2.05) is 42.6 Å². The Balaban J connectivity index is 1.28. The summed E-state index contributed by atoms with van der Waals surface area (Å²) in [6.07, 6.45) is 4.21. The van der Waals surface area contributed by atoms with Crippen molar-refractivity contribution in [1.82, 2.24) is 10.3 Å². The van der Waals surface area contributed by atoms with Crippen molar-refractivity contribution >= 4 is 10.9 Å². The summed E-state index contributed by atoms with van der Waals surface area (Å²) in [6, 6.07) is 13.7. The van der Waals surface area contributed by atoms with E-state index in [9.17, 15) is 10.2 Å². The highest BCUT2D eigenvalue weighted by atomic mass is 16.5. The Hall–Kier alpha value is -2.50. The second-order valence-corrected chi connectivity index (χ2v) is 6.96. The first-order chi connectivity index (χ1) is 12.7. The largest absolute Gasteiger partial charge is 0.508 e. The minimum Gasteiger partial charge on any atom is -0.508 e. The Morgan fingerprint density at radius 3 is 3.04 bits per heavy atom. The van der Waals surface area contributed by atoms with Gasteiger partial charge in [-0.1, -0.05) is 12.1 Å². The van der Waals surface area contributed by atoms with Crippen molar-refractivity contribution in [2.24, 2.45) is 0 Å². The van der Waals surface area contributed by atoms with E-state index in [1.54, 1.807) is 6.07 Å². The zero-order valence-electron chi connectivity index (χ0n) is 14.6. The maximum Gasteiger partial charge on any atom is 0.128 e. The number of aryl methyl sites for hydroxylation is 1. The Labute approximate surface area is 152 Å². The van der Waals surface area contributed by atoms with Crippen LogP contribution in [0.5, 0.6) is 11.5 Å². The highest BCUT2D eigenvalue weighted by molar-refractivity contribution is 5.85. The van der Waals surface area contributed by atoms with Crippen LogP contribution in [0.2, 0.25) is 0 Å². The van der Waals surface area contributed by atoms with Gasteiger partial charge in [-0.05, 0) is 60.7 Å². The third kappa shape index (κ3) is 3.69. The van der Waals surface area contributed by atoms with Gasteiger partial charge in [-0.25, -0.2) is 0 Å². The molecule has 1 unspecified atom stereocenters. The molecular weight excluding hydrogens is 328 g/mol. The van der Waals surface area contributed by atoms with Crippen molar-refractivity contribution in [3.63, 3.8) is 0 Å². The molecule has 1 aliphatic rings. The van der Waals surface area contributed by atoms with Crippen molar-refractivity contribution in [3.8, 4) is 11.5 Å². The molecule has 0 bridgehead atoms. The SMILES string of the molecule is Oc1ccc2c(c1)C[C@H](NCC(O)COc1cccc3[nH]ccc13)CC2. The first-order valence-electron chi connectivity index (χ1n) is 9.10. The Bertz CT molecular complexity index is 890. The number of H-pyrrole nitrogens is 1. The van der Waals surface area contributed by atoms with Crippen LogP contribution in [0.15, 0.2) is 48.7 Å². The molecule has 3 aromatic rings. The van der Waals surface area contributed by atoms with Crippen LogP contribution in [0.1, 0.15) is 17.5 Å². The third-order valence-corrected chi connectivity index (χ3v) is 5.05. The van der Waals surface area contributed by atoms with Gasteiger partial charge in [0.1, 0.15) is 24.2 Å². The maximum atomic E-state index is 10.3. The molecule has 0 spiro atoms. The molecular formula is C21H24N2O3. The number of nitrogens with one attached hydrogen (secondary N) is 2. The number of aromatic nitrogens is 1. The van der Waals surface area contributed by atoms with E-state index in [2.05, 4.69) is 10.3 Å². The van der Waals surface area contributed by atoms with Crippen LogP contribution in [0.4, 0.5) is 0 Å². The fourth-order valence-corrected chi connectivity index (χ4v) is 3.65. The molecule has 4 rings (SSSR count). The molecule has 0 radical (unpaired) electrons. The standard InChI is InChI=1S/C21H24N2O3/c24-17-7-5-14-4-6-16(10-15(14)11-17)23-12-18(25)13-26-21-3-1-2-20-19(21)8-9-22-20/h1-3,5,7-9,11,16,18,22-25H,4,6,10,12-13H2/t16-,18?/m1/s1. The summed E-state index contributed by atoms with van der Waals surface area (Å²) in [5.74, 6) is 1.10. The van der Waals surface area contributed by atoms with Crippen molar-refractivity contribution < 1.29 is 14.9 Å². The molecule has 1 heterocycles. The van der Waals surface area contributed by atoms with E-state index < -0.39 is 6.10 Å². The van der Waals surface area contributed by atoms with E-state index in [1.165, 1.54) is 11.1 Å². The summed E-state index contributed by atoms with van der Waals surface area (Å²) < 4.78 is 5.81. The number of aromatic amines is 1. The number of hydrogen-bond donors (Lipinski definition) is 4. The molecule has 0 amide bonds.